The molecule has 0 radical (unpaired) electrons. The number of nitrogens with zero attached hydrogens (tertiary/aromatic N) is 2. The van der Waals surface area contributed by atoms with Gasteiger partial charge in [0, 0.05) is 13.1 Å². The first-order valence-corrected chi connectivity index (χ1v) is 8.70. The molecule has 2 aromatic rings. The number of aromatic nitrogens is 2. The normalized spacial score (nSPS) is 11.6. The van der Waals surface area contributed by atoms with Crippen molar-refractivity contribution in [3.8, 4) is 5.75 Å². The Morgan fingerprint density at radius 2 is 2.08 bits per heavy atom. The van der Waals surface area contributed by atoms with E-state index < -0.39 is 22.0 Å². The lowest BCUT2D eigenvalue weighted by Crippen LogP contribution is -2.14. The lowest BCUT2D eigenvalue weighted by atomic mass is 10.1. The van der Waals surface area contributed by atoms with Crippen molar-refractivity contribution in [2.45, 2.75) is 31.4 Å². The molecule has 25 heavy (non-hydrogen) atoms. The summed E-state index contributed by atoms with van der Waals surface area (Å²) in [6, 6.07) is 4.76. The van der Waals surface area contributed by atoms with Gasteiger partial charge in [-0.1, -0.05) is 19.9 Å². The molecule has 0 saturated carbocycles. The van der Waals surface area contributed by atoms with Gasteiger partial charge in [-0.3, -0.25) is 0 Å². The molecule has 0 aliphatic heterocycles. The summed E-state index contributed by atoms with van der Waals surface area (Å²) in [7, 11) is -2.73. The summed E-state index contributed by atoms with van der Waals surface area (Å²) in [5.41, 5.74) is 5.28. The fourth-order valence-corrected chi connectivity index (χ4v) is 3.58. The second-order valence-corrected chi connectivity index (χ2v) is 7.00. The van der Waals surface area contributed by atoms with E-state index in [1.165, 1.54) is 22.8 Å². The van der Waals surface area contributed by atoms with E-state index in [4.69, 9.17) is 9.92 Å². The highest BCUT2D eigenvalue weighted by Crippen LogP contribution is 2.27. The molecular weight excluding hydrogens is 353 g/mol. The molecular formula is C15H18FN3O5S. The molecule has 136 valence electrons. The summed E-state index contributed by atoms with van der Waals surface area (Å²) in [4.78, 5) is 14.8. The zero-order valence-electron chi connectivity index (χ0n) is 13.9. The van der Waals surface area contributed by atoms with Crippen molar-refractivity contribution in [2.75, 3.05) is 0 Å². The first kappa shape index (κ1) is 18.7. The van der Waals surface area contributed by atoms with Crippen molar-refractivity contribution in [2.24, 2.45) is 12.8 Å². The average molecular weight is 371 g/mol. The van der Waals surface area contributed by atoms with Crippen LogP contribution in [0.25, 0.3) is 0 Å². The Labute approximate surface area is 144 Å². The monoisotopic (exact) mass is 371 g/mol. The van der Waals surface area contributed by atoms with Crippen LogP contribution >= 0.6 is 0 Å². The van der Waals surface area contributed by atoms with E-state index in [2.05, 4.69) is 9.72 Å². The minimum absolute atomic E-state index is 0.171. The zero-order valence-corrected chi connectivity index (χ0v) is 14.7. The molecule has 1 aromatic carbocycles. The number of ether oxygens (including phenoxy) is 1. The summed E-state index contributed by atoms with van der Waals surface area (Å²) in [6.45, 7) is 3.26. The van der Waals surface area contributed by atoms with Crippen molar-refractivity contribution < 1.29 is 26.5 Å². The fraction of sp³-hybridized carbons (Fsp3) is 0.333. The van der Waals surface area contributed by atoms with Crippen LogP contribution in [0.15, 0.2) is 29.3 Å². The van der Waals surface area contributed by atoms with Gasteiger partial charge in [0.15, 0.2) is 6.61 Å². The largest absolute Gasteiger partial charge is 0.442 e. The number of benzene rings is 1. The Hall–Kier alpha value is -2.62. The summed E-state index contributed by atoms with van der Waals surface area (Å²) >= 11 is 0. The first-order chi connectivity index (χ1) is 11.6. The van der Waals surface area contributed by atoms with Gasteiger partial charge in [-0.2, -0.15) is 8.42 Å². The first-order valence-electron chi connectivity index (χ1n) is 7.29. The molecule has 0 bridgehead atoms. The van der Waals surface area contributed by atoms with Crippen molar-refractivity contribution in [1.82, 2.24) is 9.55 Å². The minimum atomic E-state index is -4.32. The maximum atomic E-state index is 13.2. The predicted octanol–water partition coefficient (Wildman–Crippen LogP) is 2.05. The van der Waals surface area contributed by atoms with Crippen molar-refractivity contribution in [3.05, 3.63) is 41.6 Å². The topological polar surface area (TPSA) is 114 Å². The van der Waals surface area contributed by atoms with E-state index >= 15 is 0 Å². The maximum Gasteiger partial charge on any atom is 0.404 e. The van der Waals surface area contributed by atoms with Gasteiger partial charge in [0.2, 0.25) is 5.03 Å². The number of carbonyl (C=O) groups excluding carboxylic acids is 1. The van der Waals surface area contributed by atoms with Crippen LogP contribution in [0.4, 0.5) is 9.18 Å². The molecule has 8 nitrogen and oxygen atoms in total. The van der Waals surface area contributed by atoms with Gasteiger partial charge in [-0.15, -0.1) is 0 Å². The van der Waals surface area contributed by atoms with Crippen molar-refractivity contribution in [3.63, 3.8) is 0 Å². The van der Waals surface area contributed by atoms with Crippen LogP contribution in [0.3, 0.4) is 0 Å². The smallest absolute Gasteiger partial charge is 0.404 e. The molecule has 0 aliphatic rings. The summed E-state index contributed by atoms with van der Waals surface area (Å²) < 4.78 is 49.6. The highest BCUT2D eigenvalue weighted by molar-refractivity contribution is 7.87. The lowest BCUT2D eigenvalue weighted by Gasteiger charge is -2.11. The number of primary amides is 1. The third-order valence-electron chi connectivity index (χ3n) is 3.33. The Morgan fingerprint density at radius 3 is 2.64 bits per heavy atom. The number of hydrogen-bond donors (Lipinski definition) is 1. The molecule has 10 heteroatoms. The van der Waals surface area contributed by atoms with Crippen LogP contribution in [0, 0.1) is 5.82 Å². The molecule has 0 saturated heterocycles. The highest BCUT2D eigenvalue weighted by atomic mass is 32.2. The fourth-order valence-electron chi connectivity index (χ4n) is 2.30. The Bertz CT molecular complexity index is 893. The van der Waals surface area contributed by atoms with Crippen LogP contribution in [-0.2, 0) is 28.5 Å². The summed E-state index contributed by atoms with van der Waals surface area (Å²) in [5.74, 6) is -0.840. The van der Waals surface area contributed by atoms with Crippen LogP contribution in [0.1, 0.15) is 31.3 Å². The number of imidazole rings is 1. The molecule has 2 rings (SSSR count). The van der Waals surface area contributed by atoms with E-state index in [1.807, 2.05) is 0 Å². The molecule has 0 fully saturated rings. The second kappa shape index (κ2) is 7.09. The molecule has 0 unspecified atom stereocenters. The van der Waals surface area contributed by atoms with Crippen molar-refractivity contribution in [1.29, 1.82) is 0 Å². The Balaban J connectivity index is 2.45. The average Bonchev–Trinajstić information content (AvgIpc) is 2.82. The number of amides is 1. The van der Waals surface area contributed by atoms with Crippen LogP contribution in [-0.4, -0.2) is 24.1 Å². The van der Waals surface area contributed by atoms with Crippen LogP contribution in [0.2, 0.25) is 0 Å². The van der Waals surface area contributed by atoms with E-state index in [0.29, 0.717) is 5.69 Å². The molecule has 0 spiro atoms. The van der Waals surface area contributed by atoms with Gasteiger partial charge in [0.25, 0.3) is 0 Å². The van der Waals surface area contributed by atoms with Gasteiger partial charge in [-0.05, 0) is 18.1 Å². The SMILES string of the molecule is CC(C)c1c(S(=O)(=O)Oc2cccc(F)c2)nc(COC(N)=O)n1C. The molecule has 1 aromatic heterocycles. The minimum Gasteiger partial charge on any atom is -0.442 e. The lowest BCUT2D eigenvalue weighted by molar-refractivity contribution is 0.146. The van der Waals surface area contributed by atoms with E-state index in [1.54, 1.807) is 20.9 Å². The predicted molar refractivity (Wildman–Crippen MR) is 85.9 cm³/mol. The van der Waals surface area contributed by atoms with Gasteiger partial charge >= 0.3 is 16.2 Å². The molecule has 1 amide bonds. The Kier molecular flexibility index (Phi) is 5.31. The Morgan fingerprint density at radius 1 is 1.40 bits per heavy atom. The molecule has 0 atom stereocenters. The summed E-state index contributed by atoms with van der Waals surface area (Å²) in [5, 5.41) is -0.322. The van der Waals surface area contributed by atoms with E-state index in [0.717, 1.165) is 6.07 Å². The number of nitrogens with two attached hydrogens (primary N) is 1. The molecule has 1 heterocycles. The number of halogens is 1. The van der Waals surface area contributed by atoms with Crippen LogP contribution < -0.4 is 9.92 Å². The third-order valence-corrected chi connectivity index (χ3v) is 4.51. The highest BCUT2D eigenvalue weighted by Gasteiger charge is 2.30. The second-order valence-electron chi connectivity index (χ2n) is 5.53. The molecule has 0 aliphatic carbocycles. The van der Waals surface area contributed by atoms with Gasteiger partial charge in [-0.25, -0.2) is 14.2 Å². The quantitative estimate of drug-likeness (QED) is 0.778. The van der Waals surface area contributed by atoms with E-state index in [9.17, 15) is 17.6 Å². The van der Waals surface area contributed by atoms with Crippen LogP contribution in [0.5, 0.6) is 5.75 Å². The van der Waals surface area contributed by atoms with E-state index in [-0.39, 0.29) is 29.1 Å². The molecule has 2 N–H and O–H groups in total. The number of hydrogen-bond acceptors (Lipinski definition) is 6. The maximum absolute atomic E-state index is 13.2. The van der Waals surface area contributed by atoms with Gasteiger partial charge in [0.05, 0.1) is 5.69 Å². The number of rotatable bonds is 6. The standard InChI is InChI=1S/C15H18FN3O5S/c1-9(2)13-14(18-12(19(13)3)8-23-15(17)20)25(21,22)24-11-6-4-5-10(16)7-11/h4-7,9H,8H2,1-3H3,(H2,17,20). The van der Waals surface area contributed by atoms with Gasteiger partial charge < -0.3 is 19.2 Å². The zero-order chi connectivity index (χ0) is 18.8. The third kappa shape index (κ3) is 4.27. The summed E-state index contributed by atoms with van der Waals surface area (Å²) in [6.07, 6.45) is -1.01. The van der Waals surface area contributed by atoms with Crippen molar-refractivity contribution >= 4 is 16.2 Å². The van der Waals surface area contributed by atoms with Gasteiger partial charge in [0.1, 0.15) is 17.4 Å². The number of carbonyl (C=O) groups is 1.